The summed E-state index contributed by atoms with van der Waals surface area (Å²) < 4.78 is 6.18. The van der Waals surface area contributed by atoms with Gasteiger partial charge in [-0.2, -0.15) is 0 Å². The highest BCUT2D eigenvalue weighted by Gasteiger charge is 2.24. The Labute approximate surface area is 201 Å². The molecule has 2 aromatic rings. The Morgan fingerprint density at radius 1 is 0.818 bits per heavy atom. The molecule has 2 aliphatic carbocycles. The predicted molar refractivity (Wildman–Crippen MR) is 138 cm³/mol. The highest BCUT2D eigenvalue weighted by molar-refractivity contribution is 5.66. The number of benzene rings is 1. The molecule has 33 heavy (non-hydrogen) atoms. The Kier molecular flexibility index (Phi) is 9.62. The van der Waals surface area contributed by atoms with E-state index in [1.807, 2.05) is 12.3 Å². The summed E-state index contributed by atoms with van der Waals surface area (Å²) in [6, 6.07) is 8.77. The Morgan fingerprint density at radius 3 is 2.27 bits per heavy atom. The van der Waals surface area contributed by atoms with Crippen molar-refractivity contribution in [3.8, 4) is 17.0 Å². The molecule has 2 fully saturated rings. The molecule has 0 aliphatic heterocycles. The zero-order chi connectivity index (χ0) is 22.7. The molecular formula is C30H44N2O. The second kappa shape index (κ2) is 13.1. The zero-order valence-electron chi connectivity index (χ0n) is 20.8. The van der Waals surface area contributed by atoms with Crippen LogP contribution in [0.3, 0.4) is 0 Å². The van der Waals surface area contributed by atoms with Crippen LogP contribution >= 0.6 is 0 Å². The molecule has 3 nitrogen and oxygen atoms in total. The van der Waals surface area contributed by atoms with Crippen molar-refractivity contribution in [1.29, 1.82) is 0 Å². The van der Waals surface area contributed by atoms with Crippen molar-refractivity contribution in [2.45, 2.75) is 109 Å². The second-order valence-electron chi connectivity index (χ2n) is 10.6. The summed E-state index contributed by atoms with van der Waals surface area (Å²) in [6.07, 6.45) is 24.0. The Bertz CT molecular complexity index is 809. The summed E-state index contributed by atoms with van der Waals surface area (Å²) in [5.74, 6) is 3.64. The molecular weight excluding hydrogens is 404 g/mol. The van der Waals surface area contributed by atoms with E-state index < -0.39 is 0 Å². The minimum absolute atomic E-state index is 0.636. The lowest BCUT2D eigenvalue weighted by molar-refractivity contribution is 0.302. The smallest absolute Gasteiger partial charge is 0.119 e. The normalized spacial score (nSPS) is 20.6. The number of unbranched alkanes of at least 4 members (excludes halogenated alkanes) is 5. The van der Waals surface area contributed by atoms with Gasteiger partial charge in [0.1, 0.15) is 12.1 Å². The van der Waals surface area contributed by atoms with E-state index in [0.29, 0.717) is 5.92 Å². The molecule has 0 atom stereocenters. The third-order valence-corrected chi connectivity index (χ3v) is 7.84. The molecule has 4 rings (SSSR count). The fraction of sp³-hybridized carbons (Fsp3) is 0.667. The molecule has 0 radical (unpaired) electrons. The van der Waals surface area contributed by atoms with E-state index in [1.54, 1.807) is 6.33 Å². The van der Waals surface area contributed by atoms with Crippen LogP contribution in [0.25, 0.3) is 11.3 Å². The quantitative estimate of drug-likeness (QED) is 0.271. The fourth-order valence-corrected chi connectivity index (χ4v) is 5.66. The van der Waals surface area contributed by atoms with Crippen molar-refractivity contribution >= 4 is 0 Å². The molecule has 0 spiro atoms. The van der Waals surface area contributed by atoms with Crippen molar-refractivity contribution in [3.63, 3.8) is 0 Å². The van der Waals surface area contributed by atoms with Gasteiger partial charge in [-0.05, 0) is 73.6 Å². The average molecular weight is 449 g/mol. The first kappa shape index (κ1) is 24.2. The molecule has 2 saturated carbocycles. The largest absolute Gasteiger partial charge is 0.494 e. The van der Waals surface area contributed by atoms with E-state index >= 15 is 0 Å². The molecule has 180 valence electrons. The minimum atomic E-state index is 0.636. The molecule has 0 amide bonds. The highest BCUT2D eigenvalue weighted by Crippen LogP contribution is 2.42. The second-order valence-corrected chi connectivity index (χ2v) is 10.6. The van der Waals surface area contributed by atoms with Crippen LogP contribution in [0, 0.1) is 11.8 Å². The summed E-state index contributed by atoms with van der Waals surface area (Å²) in [5.41, 5.74) is 3.71. The number of aromatic nitrogens is 2. The summed E-state index contributed by atoms with van der Waals surface area (Å²) in [6.45, 7) is 3.13. The van der Waals surface area contributed by atoms with Gasteiger partial charge in [-0.1, -0.05) is 77.2 Å². The maximum atomic E-state index is 6.18. The minimum Gasteiger partial charge on any atom is -0.494 e. The molecule has 0 unspecified atom stereocenters. The molecule has 3 heteroatoms. The summed E-state index contributed by atoms with van der Waals surface area (Å²) in [5, 5.41) is 0. The molecule has 1 heterocycles. The fourth-order valence-electron chi connectivity index (χ4n) is 5.66. The summed E-state index contributed by atoms with van der Waals surface area (Å²) in [4.78, 5) is 8.71. The molecule has 2 aliphatic rings. The number of nitrogens with zero attached hydrogens (tertiary/aromatic N) is 2. The van der Waals surface area contributed by atoms with Crippen LogP contribution in [-0.4, -0.2) is 16.6 Å². The first-order valence-corrected chi connectivity index (χ1v) is 13.9. The van der Waals surface area contributed by atoms with Crippen LogP contribution in [-0.2, 0) is 0 Å². The maximum Gasteiger partial charge on any atom is 0.119 e. The third kappa shape index (κ3) is 7.83. The van der Waals surface area contributed by atoms with E-state index in [4.69, 9.17) is 4.74 Å². The van der Waals surface area contributed by atoms with Gasteiger partial charge < -0.3 is 4.74 Å². The van der Waals surface area contributed by atoms with Crippen LogP contribution in [0.4, 0.5) is 0 Å². The van der Waals surface area contributed by atoms with E-state index in [1.165, 1.54) is 101 Å². The third-order valence-electron chi connectivity index (χ3n) is 7.84. The van der Waals surface area contributed by atoms with Crippen molar-refractivity contribution in [1.82, 2.24) is 9.97 Å². The average Bonchev–Trinajstić information content (AvgIpc) is 3.69. The van der Waals surface area contributed by atoms with Gasteiger partial charge in [-0.25, -0.2) is 9.97 Å². The standard InChI is InChI=1S/C30H44N2O/c1-2-9-24-13-15-26(16-14-24)28-18-17-27(22-29(28)30-19-20-31-23-32-30)33-21-8-6-4-3-5-7-10-25-11-12-25/h17-20,22-26H,2-16,21H2,1H3/t24-,26-. The lowest BCUT2D eigenvalue weighted by atomic mass is 9.76. The van der Waals surface area contributed by atoms with Gasteiger partial charge in [-0.3, -0.25) is 0 Å². The van der Waals surface area contributed by atoms with Gasteiger partial charge in [0.05, 0.1) is 12.3 Å². The van der Waals surface area contributed by atoms with E-state index in [-0.39, 0.29) is 0 Å². The highest BCUT2D eigenvalue weighted by atomic mass is 16.5. The van der Waals surface area contributed by atoms with Crippen molar-refractivity contribution in [2.75, 3.05) is 6.61 Å². The number of rotatable bonds is 14. The van der Waals surface area contributed by atoms with Crippen molar-refractivity contribution < 1.29 is 4.74 Å². The first-order chi connectivity index (χ1) is 16.3. The lowest BCUT2D eigenvalue weighted by Gasteiger charge is -2.30. The van der Waals surface area contributed by atoms with Gasteiger partial charge in [-0.15, -0.1) is 0 Å². The zero-order valence-corrected chi connectivity index (χ0v) is 20.8. The van der Waals surface area contributed by atoms with Crippen LogP contribution in [0.1, 0.15) is 115 Å². The number of hydrogen-bond donors (Lipinski definition) is 0. The van der Waals surface area contributed by atoms with Crippen LogP contribution in [0.5, 0.6) is 5.75 Å². The Balaban J connectivity index is 1.28. The monoisotopic (exact) mass is 448 g/mol. The SMILES string of the molecule is CCC[C@H]1CC[C@H](c2ccc(OCCCCCCCCC3CC3)cc2-c2ccncn2)CC1. The predicted octanol–water partition coefficient (Wildman–Crippen LogP) is 8.74. The molecule has 0 N–H and O–H groups in total. The molecule has 1 aromatic carbocycles. The van der Waals surface area contributed by atoms with E-state index in [9.17, 15) is 0 Å². The Hall–Kier alpha value is -1.90. The van der Waals surface area contributed by atoms with Gasteiger partial charge in [0, 0.05) is 11.8 Å². The van der Waals surface area contributed by atoms with Gasteiger partial charge in [0.2, 0.25) is 0 Å². The number of ether oxygens (including phenoxy) is 1. The van der Waals surface area contributed by atoms with Gasteiger partial charge in [0.25, 0.3) is 0 Å². The van der Waals surface area contributed by atoms with Crippen LogP contribution in [0.15, 0.2) is 36.8 Å². The van der Waals surface area contributed by atoms with Gasteiger partial charge >= 0.3 is 0 Å². The van der Waals surface area contributed by atoms with Gasteiger partial charge in [0.15, 0.2) is 0 Å². The summed E-state index contributed by atoms with van der Waals surface area (Å²) >= 11 is 0. The van der Waals surface area contributed by atoms with Crippen molar-refractivity contribution in [2.24, 2.45) is 11.8 Å². The number of hydrogen-bond acceptors (Lipinski definition) is 3. The van der Waals surface area contributed by atoms with E-state index in [2.05, 4.69) is 35.1 Å². The van der Waals surface area contributed by atoms with Crippen molar-refractivity contribution in [3.05, 3.63) is 42.4 Å². The summed E-state index contributed by atoms with van der Waals surface area (Å²) in [7, 11) is 0. The molecule has 1 aromatic heterocycles. The first-order valence-electron chi connectivity index (χ1n) is 13.9. The van der Waals surface area contributed by atoms with Crippen LogP contribution in [0.2, 0.25) is 0 Å². The molecule has 0 bridgehead atoms. The molecule has 0 saturated heterocycles. The van der Waals surface area contributed by atoms with Crippen LogP contribution < -0.4 is 4.74 Å². The maximum absolute atomic E-state index is 6.18. The van der Waals surface area contributed by atoms with E-state index in [0.717, 1.165) is 36.3 Å². The lowest BCUT2D eigenvalue weighted by Crippen LogP contribution is -2.14. The topological polar surface area (TPSA) is 35.0 Å². The Morgan fingerprint density at radius 2 is 1.55 bits per heavy atom.